The van der Waals surface area contributed by atoms with Crippen molar-refractivity contribution in [3.05, 3.63) is 45.8 Å². The van der Waals surface area contributed by atoms with E-state index in [-0.39, 0.29) is 17.6 Å². The molecule has 1 aromatic heterocycles. The van der Waals surface area contributed by atoms with E-state index in [4.69, 9.17) is 4.42 Å². The molecule has 23 heavy (non-hydrogen) atoms. The van der Waals surface area contributed by atoms with Crippen LogP contribution in [-0.2, 0) is 0 Å². The highest BCUT2D eigenvalue weighted by atomic mass is 16.4. The lowest BCUT2D eigenvalue weighted by Gasteiger charge is -2.29. The van der Waals surface area contributed by atoms with Gasteiger partial charge in [-0.15, -0.1) is 0 Å². The number of aliphatic hydroxyl groups excluding tert-OH is 1. The number of para-hydroxylation sites is 1. The molecule has 5 nitrogen and oxygen atoms in total. The third-order valence-electron chi connectivity index (χ3n) is 4.76. The van der Waals surface area contributed by atoms with Crippen molar-refractivity contribution in [2.75, 3.05) is 13.2 Å². The second-order valence-corrected chi connectivity index (χ2v) is 5.93. The molecule has 0 aliphatic rings. The lowest BCUT2D eigenvalue weighted by molar-refractivity contribution is 0.0847. The Hall–Kier alpha value is -2.14. The number of hydrogen-bond acceptors (Lipinski definition) is 4. The van der Waals surface area contributed by atoms with E-state index >= 15 is 0 Å². The quantitative estimate of drug-likeness (QED) is 0.803. The van der Waals surface area contributed by atoms with Crippen LogP contribution >= 0.6 is 0 Å². The Labute approximate surface area is 135 Å². The van der Waals surface area contributed by atoms with Gasteiger partial charge in [0.15, 0.2) is 0 Å². The first-order chi connectivity index (χ1) is 11.0. The Balaban J connectivity index is 2.33. The van der Waals surface area contributed by atoms with Gasteiger partial charge in [-0.3, -0.25) is 4.79 Å². The third kappa shape index (κ3) is 3.29. The minimum atomic E-state index is -0.638. The number of fused-ring (bicyclic) bond motifs is 1. The summed E-state index contributed by atoms with van der Waals surface area (Å²) in [6, 6.07) is 7.14. The Bertz CT molecular complexity index is 751. The molecule has 0 fully saturated rings. The predicted octanol–water partition coefficient (Wildman–Crippen LogP) is 2.63. The van der Waals surface area contributed by atoms with Crippen LogP contribution in [0.1, 0.15) is 42.6 Å². The second-order valence-electron chi connectivity index (χ2n) is 5.93. The first-order valence-corrected chi connectivity index (χ1v) is 7.89. The van der Waals surface area contributed by atoms with Crippen LogP contribution in [0.25, 0.3) is 11.0 Å². The zero-order valence-electron chi connectivity index (χ0n) is 13.8. The topological polar surface area (TPSA) is 79.5 Å². The van der Waals surface area contributed by atoms with Crippen molar-refractivity contribution in [3.63, 3.8) is 0 Å². The molecule has 0 radical (unpaired) electrons. The molecular weight excluding hydrogens is 294 g/mol. The van der Waals surface area contributed by atoms with Crippen molar-refractivity contribution in [2.45, 2.75) is 33.6 Å². The number of aliphatic hydroxyl groups is 1. The van der Waals surface area contributed by atoms with Crippen molar-refractivity contribution in [2.24, 2.45) is 5.41 Å². The Kier molecular flexibility index (Phi) is 5.21. The van der Waals surface area contributed by atoms with Gasteiger partial charge in [-0.1, -0.05) is 32.0 Å². The van der Waals surface area contributed by atoms with Crippen LogP contribution in [0.4, 0.5) is 0 Å². The van der Waals surface area contributed by atoms with Gasteiger partial charge in [0.25, 0.3) is 5.91 Å². The zero-order valence-corrected chi connectivity index (χ0v) is 13.8. The van der Waals surface area contributed by atoms with Crippen molar-refractivity contribution in [1.29, 1.82) is 0 Å². The monoisotopic (exact) mass is 317 g/mol. The summed E-state index contributed by atoms with van der Waals surface area (Å²) in [4.78, 5) is 24.6. The Morgan fingerprint density at radius 1 is 1.26 bits per heavy atom. The van der Waals surface area contributed by atoms with Crippen LogP contribution < -0.4 is 10.9 Å². The smallest absolute Gasteiger partial charge is 0.349 e. The van der Waals surface area contributed by atoms with Crippen molar-refractivity contribution in [3.8, 4) is 0 Å². The number of carbonyl (C=O) groups is 1. The Morgan fingerprint density at radius 3 is 2.52 bits per heavy atom. The van der Waals surface area contributed by atoms with E-state index in [9.17, 15) is 14.7 Å². The molecule has 1 heterocycles. The molecule has 0 spiro atoms. The summed E-state index contributed by atoms with van der Waals surface area (Å²) >= 11 is 0. The maximum Gasteiger partial charge on any atom is 0.349 e. The first kappa shape index (κ1) is 17.2. The second kappa shape index (κ2) is 6.96. The molecule has 0 saturated carbocycles. The molecule has 0 aliphatic carbocycles. The lowest BCUT2D eigenvalue weighted by Crippen LogP contribution is -2.40. The number of nitrogens with one attached hydrogen (secondary N) is 1. The van der Waals surface area contributed by atoms with Gasteiger partial charge in [0.1, 0.15) is 11.1 Å². The largest absolute Gasteiger partial charge is 0.422 e. The maximum absolute atomic E-state index is 12.5. The molecule has 2 rings (SSSR count). The van der Waals surface area contributed by atoms with E-state index in [1.807, 2.05) is 26.0 Å². The molecule has 2 N–H and O–H groups in total. The minimum absolute atomic E-state index is 0.00834. The van der Waals surface area contributed by atoms with Crippen LogP contribution in [0.5, 0.6) is 0 Å². The minimum Gasteiger partial charge on any atom is -0.422 e. The third-order valence-corrected chi connectivity index (χ3v) is 4.76. The highest BCUT2D eigenvalue weighted by Crippen LogP contribution is 2.25. The highest BCUT2D eigenvalue weighted by molar-refractivity contribution is 5.99. The fraction of sp³-hybridized carbons (Fsp3) is 0.444. The van der Waals surface area contributed by atoms with Crippen LogP contribution in [0.3, 0.4) is 0 Å². The maximum atomic E-state index is 12.5. The molecule has 2 aromatic rings. The van der Waals surface area contributed by atoms with Gasteiger partial charge in [-0.25, -0.2) is 4.79 Å². The van der Waals surface area contributed by atoms with E-state index in [1.165, 1.54) is 0 Å². The van der Waals surface area contributed by atoms with Crippen molar-refractivity contribution >= 4 is 16.9 Å². The number of carbonyl (C=O) groups excluding carboxylic acids is 1. The van der Waals surface area contributed by atoms with Gasteiger partial charge in [0.2, 0.25) is 0 Å². The SMILES string of the molecule is CCC(CC)(CO)CNC(=O)c1c(C)c2ccccc2oc1=O. The molecule has 0 atom stereocenters. The normalized spacial score (nSPS) is 11.7. The molecule has 0 aliphatic heterocycles. The van der Waals surface area contributed by atoms with Crippen LogP contribution in [0.2, 0.25) is 0 Å². The number of hydrogen-bond donors (Lipinski definition) is 2. The van der Waals surface area contributed by atoms with Crippen LogP contribution in [0, 0.1) is 12.3 Å². The van der Waals surface area contributed by atoms with E-state index in [0.29, 0.717) is 17.7 Å². The lowest BCUT2D eigenvalue weighted by atomic mass is 9.83. The summed E-state index contributed by atoms with van der Waals surface area (Å²) in [7, 11) is 0. The van der Waals surface area contributed by atoms with Gasteiger partial charge in [0.05, 0.1) is 6.61 Å². The number of amides is 1. The highest BCUT2D eigenvalue weighted by Gasteiger charge is 2.27. The van der Waals surface area contributed by atoms with E-state index in [2.05, 4.69) is 5.32 Å². The molecule has 0 saturated heterocycles. The average molecular weight is 317 g/mol. The molecule has 5 heteroatoms. The molecule has 0 bridgehead atoms. The number of aryl methyl sites for hydroxylation is 1. The van der Waals surface area contributed by atoms with Gasteiger partial charge < -0.3 is 14.8 Å². The van der Waals surface area contributed by atoms with E-state index in [1.54, 1.807) is 19.1 Å². The van der Waals surface area contributed by atoms with Gasteiger partial charge >= 0.3 is 5.63 Å². The van der Waals surface area contributed by atoms with E-state index in [0.717, 1.165) is 18.2 Å². The number of benzene rings is 1. The fourth-order valence-electron chi connectivity index (χ4n) is 2.70. The molecule has 124 valence electrons. The van der Waals surface area contributed by atoms with Gasteiger partial charge in [-0.2, -0.15) is 0 Å². The molecular formula is C18H23NO4. The molecule has 0 unspecified atom stereocenters. The molecule has 1 amide bonds. The standard InChI is InChI=1S/C18H23NO4/c1-4-18(5-2,11-20)10-19-16(21)15-12(3)13-8-6-7-9-14(13)23-17(15)22/h6-9,20H,4-5,10-11H2,1-3H3,(H,19,21). The van der Waals surface area contributed by atoms with Gasteiger partial charge in [-0.05, 0) is 31.4 Å². The van der Waals surface area contributed by atoms with Crippen molar-refractivity contribution in [1.82, 2.24) is 5.32 Å². The van der Waals surface area contributed by atoms with Gasteiger partial charge in [0, 0.05) is 17.3 Å². The first-order valence-electron chi connectivity index (χ1n) is 7.89. The summed E-state index contributed by atoms with van der Waals surface area (Å²) in [5.74, 6) is -0.457. The zero-order chi connectivity index (χ0) is 17.0. The summed E-state index contributed by atoms with van der Waals surface area (Å²) < 4.78 is 5.24. The Morgan fingerprint density at radius 2 is 1.91 bits per heavy atom. The fourth-order valence-corrected chi connectivity index (χ4v) is 2.70. The van der Waals surface area contributed by atoms with Crippen LogP contribution in [0.15, 0.2) is 33.5 Å². The summed E-state index contributed by atoms with van der Waals surface area (Å²) in [5, 5.41) is 13.1. The summed E-state index contributed by atoms with van der Waals surface area (Å²) in [6.07, 6.45) is 1.48. The van der Waals surface area contributed by atoms with Crippen LogP contribution in [-0.4, -0.2) is 24.2 Å². The van der Waals surface area contributed by atoms with E-state index < -0.39 is 11.5 Å². The predicted molar refractivity (Wildman–Crippen MR) is 89.7 cm³/mol. The summed E-state index contributed by atoms with van der Waals surface area (Å²) in [5.41, 5.74) is 0.111. The average Bonchev–Trinajstić information content (AvgIpc) is 2.56. The molecule has 1 aromatic carbocycles. The summed E-state index contributed by atoms with van der Waals surface area (Å²) in [6.45, 7) is 6.00. The van der Waals surface area contributed by atoms with Crippen molar-refractivity contribution < 1.29 is 14.3 Å². The number of rotatable bonds is 6.